The summed E-state index contributed by atoms with van der Waals surface area (Å²) >= 11 is 6.11. The van der Waals surface area contributed by atoms with Crippen LogP contribution < -0.4 is 0 Å². The van der Waals surface area contributed by atoms with Crippen LogP contribution in [0.3, 0.4) is 0 Å². The zero-order chi connectivity index (χ0) is 14.1. The van der Waals surface area contributed by atoms with Gasteiger partial charge < -0.3 is 0 Å². The van der Waals surface area contributed by atoms with E-state index >= 15 is 0 Å². The van der Waals surface area contributed by atoms with Gasteiger partial charge in [-0.25, -0.2) is 5.01 Å². The SMILES string of the molecule is Cn1cc(C2=NN(Cc3ccccc3Cl)C(=O)C2)cn1. The maximum atomic E-state index is 12.0. The predicted molar refractivity (Wildman–Crippen MR) is 76.4 cm³/mol. The molecule has 1 aliphatic heterocycles. The van der Waals surface area contributed by atoms with Gasteiger partial charge in [-0.1, -0.05) is 29.8 Å². The van der Waals surface area contributed by atoms with Crippen LogP contribution in [0.25, 0.3) is 0 Å². The minimum absolute atomic E-state index is 0.0243. The van der Waals surface area contributed by atoms with Crippen molar-refractivity contribution in [3.63, 3.8) is 0 Å². The first-order chi connectivity index (χ1) is 9.63. The Balaban J connectivity index is 1.82. The number of nitrogens with zero attached hydrogens (tertiary/aromatic N) is 4. The lowest BCUT2D eigenvalue weighted by Gasteiger charge is -2.12. The second kappa shape index (κ2) is 5.09. The summed E-state index contributed by atoms with van der Waals surface area (Å²) in [4.78, 5) is 12.0. The summed E-state index contributed by atoms with van der Waals surface area (Å²) in [5.41, 5.74) is 2.51. The summed E-state index contributed by atoms with van der Waals surface area (Å²) in [7, 11) is 1.84. The number of benzene rings is 1. The third kappa shape index (κ3) is 2.44. The molecule has 0 fully saturated rings. The molecule has 3 rings (SSSR count). The van der Waals surface area contributed by atoms with Gasteiger partial charge in [-0.3, -0.25) is 9.48 Å². The molecule has 0 atom stereocenters. The lowest BCUT2D eigenvalue weighted by atomic mass is 10.1. The van der Waals surface area contributed by atoms with Crippen LogP contribution in [0, 0.1) is 0 Å². The fourth-order valence-corrected chi connectivity index (χ4v) is 2.31. The Morgan fingerprint density at radius 2 is 2.15 bits per heavy atom. The molecule has 0 N–H and O–H groups in total. The summed E-state index contributed by atoms with van der Waals surface area (Å²) in [5.74, 6) is -0.0243. The smallest absolute Gasteiger partial charge is 0.249 e. The fourth-order valence-electron chi connectivity index (χ4n) is 2.11. The van der Waals surface area contributed by atoms with Crippen molar-refractivity contribution in [3.8, 4) is 0 Å². The van der Waals surface area contributed by atoms with E-state index in [0.29, 0.717) is 18.0 Å². The summed E-state index contributed by atoms with van der Waals surface area (Å²) < 4.78 is 1.69. The fraction of sp³-hybridized carbons (Fsp3) is 0.214. The van der Waals surface area contributed by atoms with Crippen LogP contribution >= 0.6 is 11.6 Å². The molecule has 1 aliphatic rings. The number of hydrazone groups is 1. The number of rotatable bonds is 3. The first-order valence-corrected chi connectivity index (χ1v) is 6.61. The molecule has 2 aromatic rings. The molecule has 0 radical (unpaired) electrons. The first kappa shape index (κ1) is 12.9. The van der Waals surface area contributed by atoms with Crippen LogP contribution in [0.15, 0.2) is 41.8 Å². The molecule has 0 spiro atoms. The number of amides is 1. The molecule has 0 unspecified atom stereocenters. The van der Waals surface area contributed by atoms with Gasteiger partial charge in [-0.05, 0) is 11.6 Å². The van der Waals surface area contributed by atoms with Crippen LogP contribution in [-0.2, 0) is 18.4 Å². The highest BCUT2D eigenvalue weighted by molar-refractivity contribution is 6.31. The maximum absolute atomic E-state index is 12.0. The molecule has 1 amide bonds. The topological polar surface area (TPSA) is 50.5 Å². The van der Waals surface area contributed by atoms with Gasteiger partial charge >= 0.3 is 0 Å². The van der Waals surface area contributed by atoms with Gasteiger partial charge in [-0.15, -0.1) is 0 Å². The molecule has 20 heavy (non-hydrogen) atoms. The maximum Gasteiger partial charge on any atom is 0.249 e. The molecule has 0 saturated carbocycles. The van der Waals surface area contributed by atoms with Gasteiger partial charge in [0, 0.05) is 23.8 Å². The van der Waals surface area contributed by atoms with Crippen molar-refractivity contribution >= 4 is 23.2 Å². The van der Waals surface area contributed by atoms with Crippen LogP contribution in [0.4, 0.5) is 0 Å². The van der Waals surface area contributed by atoms with Crippen LogP contribution in [0.5, 0.6) is 0 Å². The van der Waals surface area contributed by atoms with Gasteiger partial charge in [0.1, 0.15) is 0 Å². The lowest BCUT2D eigenvalue weighted by Crippen LogP contribution is -2.20. The van der Waals surface area contributed by atoms with Gasteiger partial charge in [0.25, 0.3) is 0 Å². The third-order valence-corrected chi connectivity index (χ3v) is 3.53. The third-order valence-electron chi connectivity index (χ3n) is 3.16. The Labute approximate surface area is 121 Å². The molecule has 0 bridgehead atoms. The molecular formula is C14H13ClN4O. The van der Waals surface area contributed by atoms with Crippen molar-refractivity contribution in [3.05, 3.63) is 52.8 Å². The van der Waals surface area contributed by atoms with Crippen molar-refractivity contribution < 1.29 is 4.79 Å². The molecule has 6 heteroatoms. The highest BCUT2D eigenvalue weighted by Gasteiger charge is 2.25. The number of carbonyl (C=O) groups excluding carboxylic acids is 1. The molecule has 102 valence electrons. The number of carbonyl (C=O) groups is 1. The van der Waals surface area contributed by atoms with Crippen molar-refractivity contribution in [2.24, 2.45) is 12.1 Å². The largest absolute Gasteiger partial charge is 0.275 e. The minimum atomic E-state index is -0.0243. The van der Waals surface area contributed by atoms with Gasteiger partial charge in [0.15, 0.2) is 0 Å². The Morgan fingerprint density at radius 3 is 2.85 bits per heavy atom. The Bertz CT molecular complexity index is 692. The van der Waals surface area contributed by atoms with Crippen LogP contribution in [0.1, 0.15) is 17.5 Å². The highest BCUT2D eigenvalue weighted by Crippen LogP contribution is 2.21. The lowest BCUT2D eigenvalue weighted by molar-refractivity contribution is -0.129. The average Bonchev–Trinajstić information content (AvgIpc) is 2.99. The van der Waals surface area contributed by atoms with Crippen molar-refractivity contribution in [2.45, 2.75) is 13.0 Å². The average molecular weight is 289 g/mol. The van der Waals surface area contributed by atoms with Crippen molar-refractivity contribution in [2.75, 3.05) is 0 Å². The number of halogens is 1. The highest BCUT2D eigenvalue weighted by atomic mass is 35.5. The zero-order valence-electron chi connectivity index (χ0n) is 11.0. The van der Waals surface area contributed by atoms with Crippen molar-refractivity contribution in [1.82, 2.24) is 14.8 Å². The molecule has 0 saturated heterocycles. The molecule has 0 aliphatic carbocycles. The summed E-state index contributed by atoms with van der Waals surface area (Å²) in [5, 5.41) is 10.6. The predicted octanol–water partition coefficient (Wildman–Crippen LogP) is 2.21. The van der Waals surface area contributed by atoms with E-state index in [1.807, 2.05) is 37.5 Å². The van der Waals surface area contributed by atoms with E-state index in [4.69, 9.17) is 11.6 Å². The van der Waals surface area contributed by atoms with E-state index in [9.17, 15) is 4.79 Å². The second-order valence-corrected chi connectivity index (χ2v) is 5.08. The van der Waals surface area contributed by atoms with Gasteiger partial charge in [0.05, 0.1) is 24.9 Å². The summed E-state index contributed by atoms with van der Waals surface area (Å²) in [6.07, 6.45) is 3.87. The normalized spacial score (nSPS) is 14.8. The number of hydrogen-bond donors (Lipinski definition) is 0. The van der Waals surface area contributed by atoms with Gasteiger partial charge in [-0.2, -0.15) is 10.2 Å². The van der Waals surface area contributed by atoms with E-state index in [2.05, 4.69) is 10.2 Å². The first-order valence-electron chi connectivity index (χ1n) is 6.24. The Kier molecular flexibility index (Phi) is 3.28. The van der Waals surface area contributed by atoms with Crippen LogP contribution in [-0.4, -0.2) is 26.4 Å². The van der Waals surface area contributed by atoms with E-state index in [0.717, 1.165) is 16.8 Å². The van der Waals surface area contributed by atoms with E-state index in [1.165, 1.54) is 5.01 Å². The van der Waals surface area contributed by atoms with E-state index < -0.39 is 0 Å². The minimum Gasteiger partial charge on any atom is -0.275 e. The standard InChI is InChI=1S/C14H13ClN4O/c1-18-8-11(7-16-18)13-6-14(20)19(17-13)9-10-4-2-3-5-12(10)15/h2-5,7-8H,6,9H2,1H3. The van der Waals surface area contributed by atoms with Crippen LogP contribution in [0.2, 0.25) is 5.02 Å². The molecule has 1 aromatic carbocycles. The van der Waals surface area contributed by atoms with E-state index in [-0.39, 0.29) is 5.91 Å². The number of aryl methyl sites for hydroxylation is 1. The summed E-state index contributed by atoms with van der Waals surface area (Å²) in [6, 6.07) is 7.46. The molecule has 5 nitrogen and oxygen atoms in total. The monoisotopic (exact) mass is 288 g/mol. The summed E-state index contributed by atoms with van der Waals surface area (Å²) in [6.45, 7) is 0.391. The quantitative estimate of drug-likeness (QED) is 0.869. The number of aromatic nitrogens is 2. The molecule has 1 aromatic heterocycles. The number of hydrogen-bond acceptors (Lipinski definition) is 3. The molecular weight excluding hydrogens is 276 g/mol. The molecule has 2 heterocycles. The second-order valence-electron chi connectivity index (χ2n) is 4.67. The van der Waals surface area contributed by atoms with Crippen molar-refractivity contribution in [1.29, 1.82) is 0 Å². The van der Waals surface area contributed by atoms with E-state index in [1.54, 1.807) is 10.9 Å². The Morgan fingerprint density at radius 1 is 1.35 bits per heavy atom. The zero-order valence-corrected chi connectivity index (χ0v) is 11.7. The Hall–Kier alpha value is -2.14. The van der Waals surface area contributed by atoms with Gasteiger partial charge in [0.2, 0.25) is 5.91 Å².